The molecule has 2 rings (SSSR count). The van der Waals surface area contributed by atoms with Crippen LogP contribution in [0.5, 0.6) is 0 Å². The lowest BCUT2D eigenvalue weighted by molar-refractivity contribution is 0.689. The van der Waals surface area contributed by atoms with Crippen molar-refractivity contribution in [1.29, 1.82) is 0 Å². The highest BCUT2D eigenvalue weighted by Crippen LogP contribution is 2.26. The Hall–Kier alpha value is -0.330. The van der Waals surface area contributed by atoms with Crippen LogP contribution in [0, 0.1) is 6.92 Å². The molecular formula is C11H10Br3N3. The molecule has 0 atom stereocenters. The number of nitrogens with two attached hydrogens (primary N) is 1. The summed E-state index contributed by atoms with van der Waals surface area (Å²) in [5.41, 5.74) is 7.99. The molecule has 90 valence electrons. The largest absolute Gasteiger partial charge is 0.383 e. The van der Waals surface area contributed by atoms with E-state index < -0.39 is 0 Å². The molecule has 0 aliphatic rings. The molecule has 6 heteroatoms. The van der Waals surface area contributed by atoms with E-state index in [4.69, 9.17) is 5.73 Å². The van der Waals surface area contributed by atoms with E-state index in [-0.39, 0.29) is 0 Å². The van der Waals surface area contributed by atoms with Gasteiger partial charge in [-0.1, -0.05) is 6.07 Å². The third-order valence-electron chi connectivity index (χ3n) is 2.41. The van der Waals surface area contributed by atoms with Gasteiger partial charge in [-0.25, -0.2) is 4.68 Å². The SMILES string of the molecule is Cc1nn(Cc2ccc(Br)c(Br)c2)c(N)c1Br. The minimum atomic E-state index is 0.654. The van der Waals surface area contributed by atoms with E-state index in [1.54, 1.807) is 4.68 Å². The predicted molar refractivity (Wildman–Crippen MR) is 80.0 cm³/mol. The maximum absolute atomic E-state index is 5.95. The van der Waals surface area contributed by atoms with E-state index in [0.29, 0.717) is 12.4 Å². The zero-order valence-electron chi connectivity index (χ0n) is 9.04. The second-order valence-electron chi connectivity index (χ2n) is 3.69. The van der Waals surface area contributed by atoms with Gasteiger partial charge in [-0.2, -0.15) is 5.10 Å². The molecule has 0 saturated carbocycles. The molecule has 1 heterocycles. The summed E-state index contributed by atoms with van der Waals surface area (Å²) in [6.07, 6.45) is 0. The van der Waals surface area contributed by atoms with Gasteiger partial charge >= 0.3 is 0 Å². The number of benzene rings is 1. The molecule has 0 fully saturated rings. The van der Waals surface area contributed by atoms with Gasteiger partial charge in [0.15, 0.2) is 0 Å². The van der Waals surface area contributed by atoms with Gasteiger partial charge < -0.3 is 5.73 Å². The standard InChI is InChI=1S/C11H10Br3N3/c1-6-10(14)11(15)17(16-6)5-7-2-3-8(12)9(13)4-7/h2-4H,5,15H2,1H3. The van der Waals surface area contributed by atoms with Gasteiger partial charge in [0.1, 0.15) is 5.82 Å². The van der Waals surface area contributed by atoms with Crippen molar-refractivity contribution in [3.8, 4) is 0 Å². The zero-order valence-corrected chi connectivity index (χ0v) is 13.8. The van der Waals surface area contributed by atoms with Crippen LogP contribution >= 0.6 is 47.8 Å². The number of nitrogen functional groups attached to an aromatic ring is 1. The average Bonchev–Trinajstić information content (AvgIpc) is 2.52. The van der Waals surface area contributed by atoms with Gasteiger partial charge in [-0.3, -0.25) is 0 Å². The molecule has 0 aliphatic carbocycles. The number of nitrogens with zero attached hydrogens (tertiary/aromatic N) is 2. The van der Waals surface area contributed by atoms with E-state index in [9.17, 15) is 0 Å². The van der Waals surface area contributed by atoms with Crippen molar-refractivity contribution >= 4 is 53.6 Å². The third-order valence-corrected chi connectivity index (χ3v) is 5.27. The Kier molecular flexibility index (Phi) is 3.95. The minimum Gasteiger partial charge on any atom is -0.383 e. The van der Waals surface area contributed by atoms with Crippen LogP contribution in [-0.4, -0.2) is 9.78 Å². The van der Waals surface area contributed by atoms with Crippen LogP contribution in [0.4, 0.5) is 5.82 Å². The Morgan fingerprint density at radius 2 is 1.94 bits per heavy atom. The molecule has 17 heavy (non-hydrogen) atoms. The number of hydrogen-bond acceptors (Lipinski definition) is 2. The van der Waals surface area contributed by atoms with Gasteiger partial charge in [0.2, 0.25) is 0 Å². The summed E-state index contributed by atoms with van der Waals surface area (Å²) in [6.45, 7) is 2.58. The first-order valence-electron chi connectivity index (χ1n) is 4.91. The second kappa shape index (κ2) is 5.12. The van der Waals surface area contributed by atoms with Gasteiger partial charge in [0.05, 0.1) is 16.7 Å². The molecule has 0 amide bonds. The molecule has 0 aliphatic heterocycles. The quantitative estimate of drug-likeness (QED) is 0.790. The van der Waals surface area contributed by atoms with Crippen LogP contribution in [0.2, 0.25) is 0 Å². The van der Waals surface area contributed by atoms with Crippen molar-refractivity contribution in [2.45, 2.75) is 13.5 Å². The van der Waals surface area contributed by atoms with Crippen LogP contribution in [0.25, 0.3) is 0 Å². The van der Waals surface area contributed by atoms with Crippen molar-refractivity contribution in [2.75, 3.05) is 5.73 Å². The van der Waals surface area contributed by atoms with E-state index >= 15 is 0 Å². The van der Waals surface area contributed by atoms with E-state index in [0.717, 1.165) is 24.7 Å². The summed E-state index contributed by atoms with van der Waals surface area (Å²) in [4.78, 5) is 0. The molecule has 0 radical (unpaired) electrons. The van der Waals surface area contributed by atoms with Crippen LogP contribution in [-0.2, 0) is 6.54 Å². The summed E-state index contributed by atoms with van der Waals surface area (Å²) in [5, 5.41) is 4.37. The predicted octanol–water partition coefficient (Wildman–Crippen LogP) is 4.11. The Balaban J connectivity index is 2.31. The van der Waals surface area contributed by atoms with Crippen molar-refractivity contribution in [1.82, 2.24) is 9.78 Å². The van der Waals surface area contributed by atoms with Crippen molar-refractivity contribution in [2.24, 2.45) is 0 Å². The molecule has 0 bridgehead atoms. The highest BCUT2D eigenvalue weighted by molar-refractivity contribution is 9.13. The van der Waals surface area contributed by atoms with Crippen LogP contribution in [0.15, 0.2) is 31.6 Å². The summed E-state index contributed by atoms with van der Waals surface area (Å²) >= 11 is 10.3. The van der Waals surface area contributed by atoms with Crippen molar-refractivity contribution in [3.05, 3.63) is 42.9 Å². The Bertz CT molecular complexity index is 563. The number of hydrogen-bond donors (Lipinski definition) is 1. The Morgan fingerprint density at radius 1 is 1.24 bits per heavy atom. The van der Waals surface area contributed by atoms with E-state index in [2.05, 4.69) is 59.0 Å². The van der Waals surface area contributed by atoms with E-state index in [1.807, 2.05) is 19.1 Å². The number of halogens is 3. The van der Waals surface area contributed by atoms with Gasteiger partial charge in [0, 0.05) is 8.95 Å². The number of aryl methyl sites for hydroxylation is 1. The van der Waals surface area contributed by atoms with Crippen molar-refractivity contribution in [3.63, 3.8) is 0 Å². The smallest absolute Gasteiger partial charge is 0.136 e. The average molecular weight is 424 g/mol. The number of aromatic nitrogens is 2. The van der Waals surface area contributed by atoms with Gasteiger partial charge in [-0.05, 0) is 72.4 Å². The van der Waals surface area contributed by atoms with E-state index in [1.165, 1.54) is 0 Å². The Morgan fingerprint density at radius 3 is 2.47 bits per heavy atom. The lowest BCUT2D eigenvalue weighted by atomic mass is 10.2. The highest BCUT2D eigenvalue weighted by Gasteiger charge is 2.10. The second-order valence-corrected chi connectivity index (χ2v) is 6.19. The van der Waals surface area contributed by atoms with Crippen LogP contribution in [0.1, 0.15) is 11.3 Å². The first-order chi connectivity index (χ1) is 7.99. The molecule has 0 unspecified atom stereocenters. The molecule has 1 aromatic carbocycles. The fraction of sp³-hybridized carbons (Fsp3) is 0.182. The summed E-state index contributed by atoms with van der Waals surface area (Å²) in [6, 6.07) is 6.09. The zero-order chi connectivity index (χ0) is 12.6. The Labute approximate surface area is 125 Å². The maximum atomic E-state index is 5.95. The first-order valence-corrected chi connectivity index (χ1v) is 7.29. The first kappa shape index (κ1) is 13.1. The van der Waals surface area contributed by atoms with Crippen molar-refractivity contribution < 1.29 is 0 Å². The fourth-order valence-corrected chi connectivity index (χ4v) is 2.47. The molecule has 3 nitrogen and oxygen atoms in total. The molecule has 2 aromatic rings. The highest BCUT2D eigenvalue weighted by atomic mass is 79.9. The summed E-state index contributed by atoms with van der Waals surface area (Å²) in [5.74, 6) is 0.654. The monoisotopic (exact) mass is 421 g/mol. The summed E-state index contributed by atoms with van der Waals surface area (Å²) < 4.78 is 4.71. The summed E-state index contributed by atoms with van der Waals surface area (Å²) in [7, 11) is 0. The van der Waals surface area contributed by atoms with Gasteiger partial charge in [-0.15, -0.1) is 0 Å². The molecule has 1 aromatic heterocycles. The number of rotatable bonds is 2. The lowest BCUT2D eigenvalue weighted by Crippen LogP contribution is -2.06. The normalized spacial score (nSPS) is 10.8. The molecule has 0 spiro atoms. The van der Waals surface area contributed by atoms with Crippen LogP contribution in [0.3, 0.4) is 0 Å². The number of anilines is 1. The molecule has 2 N–H and O–H groups in total. The minimum absolute atomic E-state index is 0.654. The van der Waals surface area contributed by atoms with Crippen LogP contribution < -0.4 is 5.73 Å². The molecular weight excluding hydrogens is 414 g/mol. The third kappa shape index (κ3) is 2.74. The topological polar surface area (TPSA) is 43.8 Å². The lowest BCUT2D eigenvalue weighted by Gasteiger charge is -2.06. The molecule has 0 saturated heterocycles. The maximum Gasteiger partial charge on any atom is 0.136 e. The van der Waals surface area contributed by atoms with Gasteiger partial charge in [0.25, 0.3) is 0 Å². The fourth-order valence-electron chi connectivity index (χ4n) is 1.51.